The summed E-state index contributed by atoms with van der Waals surface area (Å²) in [4.78, 5) is 94.2. The second-order valence-corrected chi connectivity index (χ2v) is 32.3. The van der Waals surface area contributed by atoms with Crippen molar-refractivity contribution in [1.29, 1.82) is 0 Å². The van der Waals surface area contributed by atoms with E-state index in [0.717, 1.165) is 0 Å². The van der Waals surface area contributed by atoms with E-state index in [1.54, 1.807) is 32.6 Å². The van der Waals surface area contributed by atoms with Crippen LogP contribution in [0.1, 0.15) is 101 Å². The predicted octanol–water partition coefficient (Wildman–Crippen LogP) is -6.85. The zero-order valence-electron chi connectivity index (χ0n) is 79.6. The molecule has 0 radical (unpaired) electrons. The number of rotatable bonds is 85. The van der Waals surface area contributed by atoms with Crippen molar-refractivity contribution >= 4 is 41.4 Å². The third-order valence-electron chi connectivity index (χ3n) is 20.9. The average molecular weight is 2030 g/mol. The van der Waals surface area contributed by atoms with Crippen LogP contribution >= 0.6 is 0 Å². The number of carbonyl (C=O) groups is 7. The number of aliphatic hydroxyl groups is 12. The molecule has 19 N–H and O–H groups in total. The van der Waals surface area contributed by atoms with Crippen molar-refractivity contribution in [3.8, 4) is 0 Å². The maximum atomic E-state index is 13.8. The van der Waals surface area contributed by atoms with Gasteiger partial charge in [0.2, 0.25) is 52.9 Å². The molecule has 6 heterocycles. The number of aliphatic hydroxyl groups excluding tert-OH is 12. The number of aromatic nitrogens is 9. The van der Waals surface area contributed by atoms with Gasteiger partial charge in [0.1, 0.15) is 67.6 Å². The monoisotopic (exact) mass is 2020 g/mol. The van der Waals surface area contributed by atoms with Crippen molar-refractivity contribution < 1.29 is 180 Å². The summed E-state index contributed by atoms with van der Waals surface area (Å²) in [5, 5.41) is 165. The van der Waals surface area contributed by atoms with Crippen LogP contribution in [0.4, 0.5) is 0 Å². The lowest BCUT2D eigenvalue weighted by Gasteiger charge is -2.39. The van der Waals surface area contributed by atoms with Gasteiger partial charge in [-0.3, -0.25) is 33.6 Å². The second-order valence-electron chi connectivity index (χ2n) is 32.3. The van der Waals surface area contributed by atoms with Crippen molar-refractivity contribution in [2.75, 3.05) is 244 Å². The Labute approximate surface area is 814 Å². The molecule has 141 heavy (non-hydrogen) atoms. The second kappa shape index (κ2) is 73.4. The van der Waals surface area contributed by atoms with Gasteiger partial charge in [-0.25, -0.2) is 14.0 Å². The lowest BCUT2D eigenvalue weighted by molar-refractivity contribution is -0.302. The van der Waals surface area contributed by atoms with Crippen LogP contribution in [0.3, 0.4) is 0 Å². The first-order valence-electron chi connectivity index (χ1n) is 47.3. The molecule has 1 fully saturated rings. The quantitative estimate of drug-likeness (QED) is 0.0108. The summed E-state index contributed by atoms with van der Waals surface area (Å²) in [5.74, 6) is -4.35. The number of azide groups is 1. The first-order valence-corrected chi connectivity index (χ1v) is 47.3. The van der Waals surface area contributed by atoms with E-state index < -0.39 is 122 Å². The maximum absolute atomic E-state index is 13.8. The Kier molecular flexibility index (Phi) is 62.5. The van der Waals surface area contributed by atoms with Crippen molar-refractivity contribution in [3.05, 3.63) is 69.5 Å². The minimum atomic E-state index is -1.66. The fourth-order valence-corrected chi connectivity index (χ4v) is 13.1. The van der Waals surface area contributed by atoms with Gasteiger partial charge >= 0.3 is 11.9 Å². The molecule has 0 aromatic carbocycles. The van der Waals surface area contributed by atoms with Gasteiger partial charge in [-0.2, -0.15) is 0 Å². The molecule has 0 saturated carbocycles. The van der Waals surface area contributed by atoms with Crippen molar-refractivity contribution in [2.45, 2.75) is 195 Å². The number of aryl methyl sites for hydroxylation is 3. The predicted molar refractivity (Wildman–Crippen MR) is 483 cm³/mol. The van der Waals surface area contributed by atoms with Crippen molar-refractivity contribution in [3.63, 3.8) is 0 Å². The van der Waals surface area contributed by atoms with Gasteiger partial charge in [-0.1, -0.05) is 27.2 Å². The van der Waals surface area contributed by atoms with Crippen LogP contribution in [0, 0.1) is 0 Å². The van der Waals surface area contributed by atoms with Crippen molar-refractivity contribution in [1.82, 2.24) is 82.2 Å². The van der Waals surface area contributed by atoms with E-state index in [4.69, 9.17) is 90.8 Å². The van der Waals surface area contributed by atoms with Crippen LogP contribution in [0.5, 0.6) is 0 Å². The Hall–Kier alpha value is -9.66. The molecule has 56 nitrogen and oxygen atoms in total. The third-order valence-corrected chi connectivity index (χ3v) is 20.9. The molecule has 7 amide bonds. The number of hydrogen-bond acceptors (Lipinski definition) is 44. The number of carbonyl (C=O) groups excluding carboxylic acids is 7. The fourth-order valence-electron chi connectivity index (χ4n) is 13.1. The molecule has 56 heteroatoms. The van der Waals surface area contributed by atoms with Gasteiger partial charge in [0, 0.05) is 134 Å². The summed E-state index contributed by atoms with van der Waals surface area (Å²) < 4.78 is 104. The summed E-state index contributed by atoms with van der Waals surface area (Å²) in [6, 6.07) is 0. The zero-order valence-corrected chi connectivity index (χ0v) is 79.6. The molecule has 802 valence electrons. The molecule has 3 aromatic heterocycles. The Bertz CT molecular complexity index is 3900. The lowest BCUT2D eigenvalue weighted by Crippen LogP contribution is -2.59. The Morgan fingerprint density at radius 3 is 1.04 bits per heavy atom. The highest BCUT2D eigenvalue weighted by Gasteiger charge is 2.45. The van der Waals surface area contributed by atoms with Crippen LogP contribution < -0.4 is 37.2 Å². The molecule has 1 saturated heterocycles. The standard InChI is InChI=1S/C85H145N19O37/c86-98-93-23-3-1-2-7-72(114)94-85(57-133-27-14-69(111)90-20-4-17-87-66(108)11-8-60-51-102(99-95-60)24-30-124-33-36-127-39-42-130-45-48-136-82-79(121)76(118)73(115)63(54-105)139-82,58-134-28-15-70(112)91-21-5-18-88-67(109)12-9-61-52-103(100-96-61)25-31-125-34-37-128-40-43-131-46-49-137-83-80(122)77(119)74(116)64(55-106)140-83)59-135-29-16-71(113)92-22-6-19-89-68(110)13-10-62-53-104(101-97-62)26-32-126-35-38-129-41-44-132-47-50-138-84-81(123)78(120)75(117)65(56-107)141-84/h51-53,63-65,73-79,82,105-107,115-123H,1-50,54-59H2,(H,87,108)(H,88,109)(H,89,110)(H,90,111)(H,91,112)(H,92,113)(H,94,114)/t63?,64?,65?,73-,74-,75-,76?,77?,78?,79?,82+,85?/m1/s1. The van der Waals surface area contributed by atoms with E-state index in [0.29, 0.717) is 154 Å². The Morgan fingerprint density at radius 2 is 0.695 bits per heavy atom. The van der Waals surface area contributed by atoms with E-state index in [1.165, 1.54) is 0 Å². The molecule has 11 atom stereocenters. The number of nitrogens with zero attached hydrogens (tertiary/aromatic N) is 12. The largest absolute Gasteiger partial charge is 0.504 e. The van der Waals surface area contributed by atoms with Gasteiger partial charge in [0.25, 0.3) is 0 Å². The summed E-state index contributed by atoms with van der Waals surface area (Å²) in [6.07, 6.45) is -6.47. The van der Waals surface area contributed by atoms with E-state index in [2.05, 4.69) is 78.2 Å². The van der Waals surface area contributed by atoms with E-state index in [9.17, 15) is 94.8 Å². The van der Waals surface area contributed by atoms with Crippen LogP contribution in [0.25, 0.3) is 10.4 Å². The third kappa shape index (κ3) is 51.4. The number of amides is 7. The van der Waals surface area contributed by atoms with E-state index in [-0.39, 0.29) is 245 Å². The molecule has 0 aliphatic carbocycles. The van der Waals surface area contributed by atoms with Crippen LogP contribution in [-0.2, 0) is 158 Å². The first-order chi connectivity index (χ1) is 68.4. The SMILES string of the molecule is [N-]=[N+]=NCCCCCC(=O)NC(COCCC(=O)NCCCNC(=O)CCc1cn(CCOCCOCCOCCOC2=C(O)C(O)[C@H](O)C(CO)O2)nn1)(COCCC(=O)NCCCNC(=O)CCc1cn(CCOCCOCCOCCOC2=C(O)C(O)[C@H](O)C(CO)O2)nn1)COCCC(=O)NCCCNC(=O)CCc1cn(CCOCCOCCOCCO[C@H]2OC(CO)[C@@H](O)C(O)C2O)nn1. The summed E-state index contributed by atoms with van der Waals surface area (Å²) in [6.45, 7) is 4.52. The van der Waals surface area contributed by atoms with Gasteiger partial charge in [0.05, 0.1) is 222 Å². The minimum absolute atomic E-state index is 0.0132. The van der Waals surface area contributed by atoms with Gasteiger partial charge < -0.3 is 184 Å². The molecule has 3 aliphatic rings. The number of hydrogen-bond donors (Lipinski definition) is 19. The molecular weight excluding hydrogens is 1880 g/mol. The first kappa shape index (κ1) is 120. The van der Waals surface area contributed by atoms with E-state index in [1.807, 2.05) is 0 Å². The topological polar surface area (TPSA) is 753 Å². The van der Waals surface area contributed by atoms with Crippen LogP contribution in [0.15, 0.2) is 47.1 Å². The number of ether oxygens (including phenoxy) is 18. The molecule has 7 unspecified atom stereocenters. The smallest absolute Gasteiger partial charge is 0.322 e. The number of nitrogens with one attached hydrogen (secondary N) is 7. The molecular formula is C85H145N19O37. The molecule has 6 rings (SSSR count). The maximum Gasteiger partial charge on any atom is 0.322 e. The molecule has 3 aromatic rings. The highest BCUT2D eigenvalue weighted by atomic mass is 16.7. The van der Waals surface area contributed by atoms with Gasteiger partial charge in [-0.05, 0) is 37.6 Å². The zero-order chi connectivity index (χ0) is 102. The Balaban J connectivity index is 0.855. The summed E-state index contributed by atoms with van der Waals surface area (Å²) >= 11 is 0. The molecule has 0 bridgehead atoms. The van der Waals surface area contributed by atoms with E-state index >= 15 is 0 Å². The summed E-state index contributed by atoms with van der Waals surface area (Å²) in [5.41, 5.74) is 9.14. The Morgan fingerprint density at radius 1 is 0.369 bits per heavy atom. The van der Waals surface area contributed by atoms with Crippen LogP contribution in [0.2, 0.25) is 0 Å². The van der Waals surface area contributed by atoms with Crippen molar-refractivity contribution in [2.24, 2.45) is 5.11 Å². The molecule has 0 spiro atoms. The lowest BCUT2D eigenvalue weighted by atomic mass is 9.99. The highest BCUT2D eigenvalue weighted by Crippen LogP contribution is 2.27. The fraction of sp³-hybridized carbons (Fsp3) is 0.800. The highest BCUT2D eigenvalue weighted by molar-refractivity contribution is 5.79. The number of unbranched alkanes of at least 4 members (excludes halogenated alkanes) is 2. The minimum Gasteiger partial charge on any atom is -0.504 e. The van der Waals surface area contributed by atoms with Gasteiger partial charge in [0.15, 0.2) is 18.5 Å². The molecule has 3 aliphatic heterocycles. The normalized spacial score (nSPS) is 19.5. The average Bonchev–Trinajstić information content (AvgIpc) is 1.45. The van der Waals surface area contributed by atoms with Gasteiger partial charge in [-0.15, -0.1) is 15.3 Å². The summed E-state index contributed by atoms with van der Waals surface area (Å²) in [7, 11) is 0. The van der Waals surface area contributed by atoms with Crippen LogP contribution in [-0.4, -0.2) is 464 Å².